The number of nitrogens with one attached hydrogen (secondary N) is 2. The number of unbranched alkanes of at least 4 members (excludes halogenated alkanes) is 3. The van der Waals surface area contributed by atoms with Crippen LogP contribution in [0.25, 0.3) is 22.6 Å². The van der Waals surface area contributed by atoms with Gasteiger partial charge in [-0.2, -0.15) is 4.98 Å². The maximum atomic E-state index is 12.4. The minimum absolute atomic E-state index is 0.0985. The highest BCUT2D eigenvalue weighted by molar-refractivity contribution is 5.84. The molecule has 0 saturated carbocycles. The Morgan fingerprint density at radius 2 is 1.84 bits per heavy atom. The standard InChI is InChI=1S/C23H31N5O4/c1-14-11-16-17(12-15(14)24-13-23(2,3)4)28(10-8-6-5-7-9-18(29)30)20-19(25-16)21(31)27-22(32)26-20/h11-12,24H,5-10,13H2,1-4H3,(H,29,30)(H,27,31,32). The molecule has 2 aliphatic rings. The first-order valence-electron chi connectivity index (χ1n) is 11.0. The van der Waals surface area contributed by atoms with E-state index in [0.717, 1.165) is 42.6 Å². The summed E-state index contributed by atoms with van der Waals surface area (Å²) in [5, 5.41) is 12.3. The highest BCUT2D eigenvalue weighted by Gasteiger charge is 2.20. The van der Waals surface area contributed by atoms with Gasteiger partial charge in [-0.3, -0.25) is 14.6 Å². The topological polar surface area (TPSA) is 130 Å². The third-order valence-electron chi connectivity index (χ3n) is 5.29. The summed E-state index contributed by atoms with van der Waals surface area (Å²) in [7, 11) is 0. The van der Waals surface area contributed by atoms with Gasteiger partial charge in [0.2, 0.25) is 0 Å². The van der Waals surface area contributed by atoms with E-state index in [2.05, 4.69) is 41.0 Å². The number of H-pyrrole nitrogens is 1. The number of carboxylic acid groups (broad SMARTS) is 1. The molecule has 0 atom stereocenters. The fourth-order valence-corrected chi connectivity index (χ4v) is 3.62. The van der Waals surface area contributed by atoms with Gasteiger partial charge in [0, 0.05) is 25.2 Å². The summed E-state index contributed by atoms with van der Waals surface area (Å²) in [6.07, 6.45) is 3.18. The summed E-state index contributed by atoms with van der Waals surface area (Å²) < 4.78 is 1.88. The molecule has 0 bridgehead atoms. The number of fused-ring (bicyclic) bond motifs is 2. The quantitative estimate of drug-likeness (QED) is 0.343. The number of nitrogens with zero attached hydrogens (tertiary/aromatic N) is 3. The Kier molecular flexibility index (Phi) is 6.96. The number of hydrogen-bond acceptors (Lipinski definition) is 6. The molecule has 172 valence electrons. The van der Waals surface area contributed by atoms with Crippen LogP contribution < -0.4 is 16.6 Å². The van der Waals surface area contributed by atoms with Crippen molar-refractivity contribution in [2.75, 3.05) is 11.9 Å². The lowest BCUT2D eigenvalue weighted by Gasteiger charge is -2.22. The first kappa shape index (κ1) is 23.4. The monoisotopic (exact) mass is 441 g/mol. The van der Waals surface area contributed by atoms with Crippen molar-refractivity contribution in [3.63, 3.8) is 0 Å². The van der Waals surface area contributed by atoms with Gasteiger partial charge >= 0.3 is 11.7 Å². The highest BCUT2D eigenvalue weighted by atomic mass is 16.4. The van der Waals surface area contributed by atoms with Gasteiger partial charge in [-0.1, -0.05) is 33.6 Å². The van der Waals surface area contributed by atoms with Crippen molar-refractivity contribution in [3.05, 3.63) is 38.5 Å². The fraction of sp³-hybridized carbons (Fsp3) is 0.522. The van der Waals surface area contributed by atoms with E-state index in [-0.39, 0.29) is 23.4 Å². The van der Waals surface area contributed by atoms with E-state index in [0.29, 0.717) is 18.5 Å². The van der Waals surface area contributed by atoms with Crippen LogP contribution in [0.2, 0.25) is 0 Å². The van der Waals surface area contributed by atoms with E-state index in [9.17, 15) is 14.4 Å². The maximum Gasteiger partial charge on any atom is 0.349 e. The SMILES string of the molecule is Cc1cc2nc3c(=O)[nH]c(=O)nc-3n(CCCCCCC(=O)O)c2cc1NCC(C)(C)C. The molecule has 0 unspecified atom stereocenters. The van der Waals surface area contributed by atoms with Gasteiger partial charge in [-0.25, -0.2) is 9.78 Å². The summed E-state index contributed by atoms with van der Waals surface area (Å²) in [6.45, 7) is 9.78. The smallest absolute Gasteiger partial charge is 0.349 e. The van der Waals surface area contributed by atoms with Crippen LogP contribution in [-0.4, -0.2) is 37.1 Å². The van der Waals surface area contributed by atoms with Gasteiger partial charge < -0.3 is 15.0 Å². The third kappa shape index (κ3) is 5.72. The maximum absolute atomic E-state index is 12.4. The number of carbonyl (C=O) groups is 1. The molecule has 2 heterocycles. The first-order chi connectivity index (χ1) is 15.0. The molecule has 1 aromatic carbocycles. The number of aromatic amines is 1. The Hall–Kier alpha value is -3.23. The van der Waals surface area contributed by atoms with Gasteiger partial charge in [0.25, 0.3) is 5.56 Å². The molecule has 3 rings (SSSR count). The van der Waals surface area contributed by atoms with Crippen molar-refractivity contribution in [1.82, 2.24) is 19.5 Å². The van der Waals surface area contributed by atoms with Gasteiger partial charge in [-0.15, -0.1) is 0 Å². The summed E-state index contributed by atoms with van der Waals surface area (Å²) in [6, 6.07) is 3.94. The van der Waals surface area contributed by atoms with Crippen LogP contribution in [0.4, 0.5) is 5.69 Å². The van der Waals surface area contributed by atoms with Crippen LogP contribution in [0.5, 0.6) is 0 Å². The average molecular weight is 442 g/mol. The number of benzene rings is 1. The van der Waals surface area contributed by atoms with E-state index in [4.69, 9.17) is 5.11 Å². The van der Waals surface area contributed by atoms with Crippen molar-refractivity contribution in [2.45, 2.75) is 66.3 Å². The van der Waals surface area contributed by atoms with Crippen LogP contribution in [0.15, 0.2) is 21.7 Å². The second-order valence-electron chi connectivity index (χ2n) is 9.43. The second kappa shape index (κ2) is 9.50. The molecule has 3 N–H and O–H groups in total. The van der Waals surface area contributed by atoms with E-state index < -0.39 is 17.2 Å². The zero-order valence-corrected chi connectivity index (χ0v) is 19.1. The second-order valence-corrected chi connectivity index (χ2v) is 9.43. The fourth-order valence-electron chi connectivity index (χ4n) is 3.62. The Morgan fingerprint density at radius 1 is 1.12 bits per heavy atom. The summed E-state index contributed by atoms with van der Waals surface area (Å²) in [5.74, 6) is -0.523. The van der Waals surface area contributed by atoms with Gasteiger partial charge in [-0.05, 0) is 42.9 Å². The molecule has 2 aliphatic heterocycles. The lowest BCUT2D eigenvalue weighted by molar-refractivity contribution is -0.137. The lowest BCUT2D eigenvalue weighted by atomic mass is 9.96. The third-order valence-corrected chi connectivity index (χ3v) is 5.29. The van der Waals surface area contributed by atoms with Crippen LogP contribution in [-0.2, 0) is 11.3 Å². The molecule has 0 spiro atoms. The Morgan fingerprint density at radius 3 is 2.53 bits per heavy atom. The zero-order valence-electron chi connectivity index (χ0n) is 19.1. The average Bonchev–Trinajstić information content (AvgIpc) is 2.68. The van der Waals surface area contributed by atoms with Crippen molar-refractivity contribution in [1.29, 1.82) is 0 Å². The van der Waals surface area contributed by atoms with Crippen LogP contribution in [0, 0.1) is 12.3 Å². The molecule has 32 heavy (non-hydrogen) atoms. The van der Waals surface area contributed by atoms with Crippen molar-refractivity contribution < 1.29 is 9.90 Å². The van der Waals surface area contributed by atoms with Crippen LogP contribution in [0.3, 0.4) is 0 Å². The van der Waals surface area contributed by atoms with E-state index in [1.54, 1.807) is 0 Å². The number of aliphatic carboxylic acids is 1. The molecule has 0 aliphatic carbocycles. The Bertz CT molecular complexity index is 1210. The van der Waals surface area contributed by atoms with E-state index in [1.807, 2.05) is 23.6 Å². The number of anilines is 1. The summed E-state index contributed by atoms with van der Waals surface area (Å²) in [5.41, 5.74) is 2.42. The minimum atomic E-state index is -0.789. The lowest BCUT2D eigenvalue weighted by Crippen LogP contribution is -2.29. The molecule has 0 radical (unpaired) electrons. The van der Waals surface area contributed by atoms with Crippen molar-refractivity contribution >= 4 is 22.7 Å². The van der Waals surface area contributed by atoms with E-state index >= 15 is 0 Å². The van der Waals surface area contributed by atoms with E-state index in [1.165, 1.54) is 0 Å². The van der Waals surface area contributed by atoms with Gasteiger partial charge in [0.1, 0.15) is 0 Å². The number of carboxylic acids is 1. The Balaban J connectivity index is 2.01. The summed E-state index contributed by atoms with van der Waals surface area (Å²) in [4.78, 5) is 45.8. The first-order valence-corrected chi connectivity index (χ1v) is 11.0. The zero-order chi connectivity index (χ0) is 23.5. The molecule has 1 aromatic rings. The molecule has 0 fully saturated rings. The largest absolute Gasteiger partial charge is 0.481 e. The molecule has 9 heteroatoms. The predicted molar refractivity (Wildman–Crippen MR) is 124 cm³/mol. The number of aryl methyl sites for hydroxylation is 2. The van der Waals surface area contributed by atoms with Crippen LogP contribution >= 0.6 is 0 Å². The number of hydrogen-bond donors (Lipinski definition) is 3. The minimum Gasteiger partial charge on any atom is -0.481 e. The molecule has 0 amide bonds. The predicted octanol–water partition coefficient (Wildman–Crippen LogP) is 3.39. The molecular formula is C23H31N5O4. The Labute approximate surface area is 186 Å². The number of aromatic nitrogens is 4. The van der Waals surface area contributed by atoms with Gasteiger partial charge in [0.05, 0.1) is 11.0 Å². The summed E-state index contributed by atoms with van der Waals surface area (Å²) >= 11 is 0. The molecule has 0 saturated heterocycles. The normalized spacial score (nSPS) is 11.9. The molecule has 0 aromatic heterocycles. The van der Waals surface area contributed by atoms with Crippen LogP contribution in [0.1, 0.15) is 58.4 Å². The number of rotatable bonds is 9. The van der Waals surface area contributed by atoms with Crippen molar-refractivity contribution in [2.24, 2.45) is 5.41 Å². The molecule has 9 nitrogen and oxygen atoms in total. The van der Waals surface area contributed by atoms with Crippen molar-refractivity contribution in [3.8, 4) is 11.5 Å². The highest BCUT2D eigenvalue weighted by Crippen LogP contribution is 2.28. The molecular weight excluding hydrogens is 410 g/mol. The van der Waals surface area contributed by atoms with Gasteiger partial charge in [0.15, 0.2) is 11.5 Å².